The number of hydrogen-bond acceptors (Lipinski definition) is 6. The summed E-state index contributed by atoms with van der Waals surface area (Å²) in [7, 11) is 1.56. The standard InChI is InChI=1S/C27H23F2N3O4/c1-35-26-5-3-2-4-20(26)8-13-25(33)19-6-10-22(11-7-19)36-16-27(34,15-32-18-30-17-31-32)23-12-9-21(28)14-24(23)29/h2-14,17-18,34H,15-16H2,1H3/b13-8+. The number of halogens is 2. The molecule has 0 fully saturated rings. The number of ether oxygens (including phenoxy) is 2. The van der Waals surface area contributed by atoms with Crippen LogP contribution < -0.4 is 9.47 Å². The van der Waals surface area contributed by atoms with Crippen LogP contribution in [0.3, 0.4) is 0 Å². The molecule has 0 amide bonds. The molecule has 1 aromatic heterocycles. The van der Waals surface area contributed by atoms with E-state index < -0.39 is 17.2 Å². The van der Waals surface area contributed by atoms with Gasteiger partial charge in [-0.3, -0.25) is 4.79 Å². The summed E-state index contributed by atoms with van der Waals surface area (Å²) in [5, 5.41) is 15.3. The Hall–Kier alpha value is -4.37. The number of allylic oxidation sites excluding steroid dienone is 1. The van der Waals surface area contributed by atoms with Gasteiger partial charge in [-0.1, -0.05) is 24.3 Å². The van der Waals surface area contributed by atoms with Crippen LogP contribution in [0.15, 0.2) is 85.5 Å². The van der Waals surface area contributed by atoms with E-state index in [0.29, 0.717) is 23.1 Å². The van der Waals surface area contributed by atoms with E-state index in [2.05, 4.69) is 10.1 Å². The van der Waals surface area contributed by atoms with Gasteiger partial charge >= 0.3 is 0 Å². The predicted molar refractivity (Wildman–Crippen MR) is 129 cm³/mol. The molecular weight excluding hydrogens is 468 g/mol. The second kappa shape index (κ2) is 10.9. The van der Waals surface area contributed by atoms with Crippen LogP contribution in [0.2, 0.25) is 0 Å². The molecule has 1 atom stereocenters. The highest BCUT2D eigenvalue weighted by Gasteiger charge is 2.34. The summed E-state index contributed by atoms with van der Waals surface area (Å²) in [6, 6.07) is 16.6. The lowest BCUT2D eigenvalue weighted by Crippen LogP contribution is -2.39. The first-order chi connectivity index (χ1) is 17.4. The fourth-order valence-electron chi connectivity index (χ4n) is 3.64. The monoisotopic (exact) mass is 491 g/mol. The van der Waals surface area contributed by atoms with Crippen LogP contribution >= 0.6 is 0 Å². The Kier molecular flexibility index (Phi) is 7.50. The quantitative estimate of drug-likeness (QED) is 0.261. The first-order valence-electron chi connectivity index (χ1n) is 11.0. The molecule has 0 saturated carbocycles. The minimum absolute atomic E-state index is 0.146. The number of hydrogen-bond donors (Lipinski definition) is 1. The topological polar surface area (TPSA) is 86.5 Å². The third-order valence-corrected chi connectivity index (χ3v) is 5.49. The van der Waals surface area contributed by atoms with Crippen LogP contribution in [0.25, 0.3) is 6.08 Å². The molecule has 0 aliphatic rings. The highest BCUT2D eigenvalue weighted by atomic mass is 19.1. The number of aromatic nitrogens is 3. The lowest BCUT2D eigenvalue weighted by molar-refractivity contribution is -0.0297. The van der Waals surface area contributed by atoms with Crippen LogP contribution in [0, 0.1) is 11.6 Å². The van der Waals surface area contributed by atoms with Crippen molar-refractivity contribution in [3.8, 4) is 11.5 Å². The molecular formula is C27H23F2N3O4. The fraction of sp³-hybridized carbons (Fsp3) is 0.148. The molecule has 0 aliphatic carbocycles. The number of carbonyl (C=O) groups is 1. The van der Waals surface area contributed by atoms with E-state index in [1.54, 1.807) is 43.5 Å². The lowest BCUT2D eigenvalue weighted by atomic mass is 9.94. The van der Waals surface area contributed by atoms with Gasteiger partial charge in [0.15, 0.2) is 5.78 Å². The molecule has 7 nitrogen and oxygen atoms in total. The van der Waals surface area contributed by atoms with Gasteiger partial charge in [0.1, 0.15) is 48.0 Å². The second-order valence-corrected chi connectivity index (χ2v) is 8.00. The van der Waals surface area contributed by atoms with Gasteiger partial charge in [0, 0.05) is 22.8 Å². The van der Waals surface area contributed by atoms with Gasteiger partial charge in [-0.15, -0.1) is 0 Å². The summed E-state index contributed by atoms with van der Waals surface area (Å²) in [5.41, 5.74) is -0.825. The third kappa shape index (κ3) is 5.81. The molecule has 0 radical (unpaired) electrons. The van der Waals surface area contributed by atoms with E-state index in [1.807, 2.05) is 18.2 Å². The predicted octanol–water partition coefficient (Wildman–Crippen LogP) is 4.43. The third-order valence-electron chi connectivity index (χ3n) is 5.49. The minimum atomic E-state index is -1.88. The molecule has 4 aromatic rings. The van der Waals surface area contributed by atoms with Gasteiger partial charge in [-0.2, -0.15) is 5.10 Å². The summed E-state index contributed by atoms with van der Waals surface area (Å²) in [6.07, 6.45) is 5.76. The maximum absolute atomic E-state index is 14.5. The Bertz CT molecular complexity index is 1360. The first kappa shape index (κ1) is 24.7. The summed E-state index contributed by atoms with van der Waals surface area (Å²) in [4.78, 5) is 16.4. The summed E-state index contributed by atoms with van der Waals surface area (Å²) in [5.74, 6) is -0.895. The number of carbonyl (C=O) groups excluding carboxylic acids is 1. The van der Waals surface area contributed by atoms with Crippen LogP contribution in [-0.2, 0) is 12.1 Å². The Balaban J connectivity index is 1.48. The largest absolute Gasteiger partial charge is 0.496 e. The number of benzene rings is 3. The van der Waals surface area contributed by atoms with E-state index in [0.717, 1.165) is 11.6 Å². The average Bonchev–Trinajstić information content (AvgIpc) is 3.39. The molecule has 184 valence electrons. The van der Waals surface area contributed by atoms with E-state index >= 15 is 0 Å². The van der Waals surface area contributed by atoms with Crippen LogP contribution in [0.1, 0.15) is 21.5 Å². The average molecular weight is 491 g/mol. The van der Waals surface area contributed by atoms with Crippen molar-refractivity contribution in [2.45, 2.75) is 12.1 Å². The van der Waals surface area contributed by atoms with Gasteiger partial charge in [-0.05, 0) is 48.6 Å². The maximum atomic E-state index is 14.5. The van der Waals surface area contributed by atoms with E-state index in [4.69, 9.17) is 9.47 Å². The minimum Gasteiger partial charge on any atom is -0.496 e. The molecule has 36 heavy (non-hydrogen) atoms. The number of aliphatic hydroxyl groups is 1. The van der Waals surface area contributed by atoms with E-state index in [-0.39, 0.29) is 24.5 Å². The Morgan fingerprint density at radius 3 is 2.58 bits per heavy atom. The van der Waals surface area contributed by atoms with Crippen molar-refractivity contribution in [2.75, 3.05) is 13.7 Å². The molecule has 3 aromatic carbocycles. The van der Waals surface area contributed by atoms with Crippen molar-refractivity contribution in [1.29, 1.82) is 0 Å². The zero-order chi connectivity index (χ0) is 25.5. The first-order valence-corrected chi connectivity index (χ1v) is 11.0. The zero-order valence-electron chi connectivity index (χ0n) is 19.3. The van der Waals surface area contributed by atoms with Gasteiger partial charge in [0.05, 0.1) is 13.7 Å². The summed E-state index contributed by atoms with van der Waals surface area (Å²) >= 11 is 0. The van der Waals surface area contributed by atoms with Gasteiger partial charge < -0.3 is 14.6 Å². The Labute approximate surface area is 206 Å². The Morgan fingerprint density at radius 1 is 1.11 bits per heavy atom. The smallest absolute Gasteiger partial charge is 0.185 e. The molecule has 0 spiro atoms. The van der Waals surface area contributed by atoms with Crippen molar-refractivity contribution in [1.82, 2.24) is 14.8 Å². The van der Waals surface area contributed by atoms with Crippen molar-refractivity contribution >= 4 is 11.9 Å². The van der Waals surface area contributed by atoms with Crippen LogP contribution in [-0.4, -0.2) is 39.4 Å². The van der Waals surface area contributed by atoms with Gasteiger partial charge in [0.25, 0.3) is 0 Å². The molecule has 0 bridgehead atoms. The fourth-order valence-corrected chi connectivity index (χ4v) is 3.64. The van der Waals surface area contributed by atoms with E-state index in [9.17, 15) is 18.7 Å². The highest BCUT2D eigenvalue weighted by molar-refractivity contribution is 6.07. The summed E-state index contributed by atoms with van der Waals surface area (Å²) in [6.45, 7) is -0.545. The van der Waals surface area contributed by atoms with Crippen molar-refractivity contribution in [3.05, 3.63) is 114 Å². The molecule has 9 heteroatoms. The number of methoxy groups -OCH3 is 1. The number of rotatable bonds is 10. The molecule has 1 unspecified atom stereocenters. The van der Waals surface area contributed by atoms with Crippen molar-refractivity contribution < 1.29 is 28.2 Å². The molecule has 0 saturated heterocycles. The van der Waals surface area contributed by atoms with E-state index in [1.165, 1.54) is 29.5 Å². The van der Waals surface area contributed by atoms with Crippen LogP contribution in [0.5, 0.6) is 11.5 Å². The molecule has 1 N–H and O–H groups in total. The normalized spacial score (nSPS) is 12.9. The summed E-state index contributed by atoms with van der Waals surface area (Å²) < 4.78 is 40.3. The molecule has 4 rings (SSSR count). The second-order valence-electron chi connectivity index (χ2n) is 8.00. The van der Waals surface area contributed by atoms with Gasteiger partial charge in [0.2, 0.25) is 0 Å². The molecule has 0 aliphatic heterocycles. The number of nitrogens with zero attached hydrogens (tertiary/aromatic N) is 3. The van der Waals surface area contributed by atoms with Crippen LogP contribution in [0.4, 0.5) is 8.78 Å². The van der Waals surface area contributed by atoms with Gasteiger partial charge in [-0.25, -0.2) is 18.4 Å². The SMILES string of the molecule is COc1ccccc1/C=C/C(=O)c1ccc(OCC(O)(Cn2cncn2)c2ccc(F)cc2F)cc1. The highest BCUT2D eigenvalue weighted by Crippen LogP contribution is 2.28. The zero-order valence-corrected chi connectivity index (χ0v) is 19.3. The van der Waals surface area contributed by atoms with Crippen molar-refractivity contribution in [3.63, 3.8) is 0 Å². The molecule has 1 heterocycles. The lowest BCUT2D eigenvalue weighted by Gasteiger charge is -2.29. The Morgan fingerprint density at radius 2 is 1.89 bits per heavy atom. The van der Waals surface area contributed by atoms with Crippen molar-refractivity contribution in [2.24, 2.45) is 0 Å². The number of ketones is 1. The maximum Gasteiger partial charge on any atom is 0.185 e. The number of para-hydroxylation sites is 1.